The van der Waals surface area contributed by atoms with Gasteiger partial charge in [0.05, 0.1) is 29.7 Å². The molecule has 1 saturated carbocycles. The van der Waals surface area contributed by atoms with E-state index in [2.05, 4.69) is 80.2 Å². The zero-order valence-corrected chi connectivity index (χ0v) is 21.1. The van der Waals surface area contributed by atoms with Crippen molar-refractivity contribution in [2.75, 3.05) is 4.90 Å². The van der Waals surface area contributed by atoms with E-state index in [1.165, 1.54) is 12.8 Å². The molecule has 7 heteroatoms. The first-order chi connectivity index (χ1) is 17.7. The van der Waals surface area contributed by atoms with Crippen molar-refractivity contribution in [2.24, 2.45) is 0 Å². The molecule has 1 saturated heterocycles. The highest BCUT2D eigenvalue weighted by Crippen LogP contribution is 2.43. The van der Waals surface area contributed by atoms with Crippen LogP contribution in [0.3, 0.4) is 0 Å². The molecule has 6 nitrogen and oxygen atoms in total. The highest BCUT2D eigenvalue weighted by molar-refractivity contribution is 7.80. The Hall–Kier alpha value is -3.71. The first kappa shape index (κ1) is 22.7. The molecule has 1 aliphatic carbocycles. The largest absolute Gasteiger partial charge is 0.490 e. The molecule has 1 aliphatic heterocycles. The molecule has 0 amide bonds. The maximum atomic E-state index is 6.21. The minimum atomic E-state index is -0.113. The van der Waals surface area contributed by atoms with Crippen molar-refractivity contribution in [1.29, 1.82) is 0 Å². The number of thiocarbonyl (C=S) groups is 1. The van der Waals surface area contributed by atoms with Crippen molar-refractivity contribution in [3.8, 4) is 11.4 Å². The fraction of sp³-hybridized carbons (Fsp3) is 0.276. The monoisotopic (exact) mass is 495 g/mol. The number of nitrogens with zero attached hydrogens (tertiary/aromatic N) is 4. The third kappa shape index (κ3) is 4.24. The van der Waals surface area contributed by atoms with Gasteiger partial charge in [0, 0.05) is 29.5 Å². The maximum Gasteiger partial charge on any atom is 0.174 e. The van der Waals surface area contributed by atoms with Gasteiger partial charge in [0.15, 0.2) is 5.11 Å². The van der Waals surface area contributed by atoms with Gasteiger partial charge in [-0.2, -0.15) is 0 Å². The van der Waals surface area contributed by atoms with Crippen LogP contribution in [0.5, 0.6) is 5.75 Å². The number of pyridine rings is 2. The van der Waals surface area contributed by atoms with Crippen molar-refractivity contribution in [3.63, 3.8) is 0 Å². The van der Waals surface area contributed by atoms with E-state index < -0.39 is 0 Å². The Labute approximate surface area is 217 Å². The molecule has 2 fully saturated rings. The Morgan fingerprint density at radius 2 is 1.75 bits per heavy atom. The first-order valence-electron chi connectivity index (χ1n) is 12.5. The molecule has 3 aromatic heterocycles. The Kier molecular flexibility index (Phi) is 6.15. The molecular weight excluding hydrogens is 466 g/mol. The van der Waals surface area contributed by atoms with Crippen LogP contribution in [0.15, 0.2) is 85.3 Å². The number of aryl methyl sites for hydroxylation is 1. The molecule has 0 unspecified atom stereocenters. The zero-order valence-electron chi connectivity index (χ0n) is 20.2. The van der Waals surface area contributed by atoms with Crippen LogP contribution in [0.1, 0.15) is 54.8 Å². The van der Waals surface area contributed by atoms with E-state index in [-0.39, 0.29) is 12.1 Å². The van der Waals surface area contributed by atoms with Gasteiger partial charge in [-0.1, -0.05) is 6.07 Å². The van der Waals surface area contributed by atoms with Crippen molar-refractivity contribution in [3.05, 3.63) is 102 Å². The molecule has 4 heterocycles. The average Bonchev–Trinajstić information content (AvgIpc) is 3.64. The summed E-state index contributed by atoms with van der Waals surface area (Å²) in [7, 11) is 0. The molecule has 36 heavy (non-hydrogen) atoms. The first-order valence-corrected chi connectivity index (χ1v) is 13.0. The fourth-order valence-electron chi connectivity index (χ4n) is 5.45. The van der Waals surface area contributed by atoms with Gasteiger partial charge in [0.25, 0.3) is 0 Å². The number of hydrogen-bond acceptors (Lipinski definition) is 4. The van der Waals surface area contributed by atoms with Crippen LogP contribution in [0.2, 0.25) is 0 Å². The van der Waals surface area contributed by atoms with E-state index in [1.807, 2.05) is 30.6 Å². The van der Waals surface area contributed by atoms with Crippen LogP contribution in [0, 0.1) is 6.92 Å². The third-order valence-corrected chi connectivity index (χ3v) is 7.45. The molecular formula is C29H29N5OS. The number of rotatable bonds is 6. The third-order valence-electron chi connectivity index (χ3n) is 7.13. The lowest BCUT2D eigenvalue weighted by molar-refractivity contribution is 0.210. The highest BCUT2D eigenvalue weighted by atomic mass is 32.1. The van der Waals surface area contributed by atoms with E-state index in [0.29, 0.717) is 11.2 Å². The van der Waals surface area contributed by atoms with Crippen LogP contribution in [-0.4, -0.2) is 25.8 Å². The van der Waals surface area contributed by atoms with E-state index >= 15 is 0 Å². The number of anilines is 1. The normalized spacial score (nSPS) is 20.0. The molecule has 0 spiro atoms. The van der Waals surface area contributed by atoms with Crippen molar-refractivity contribution in [2.45, 2.75) is 50.8 Å². The second-order valence-corrected chi connectivity index (χ2v) is 9.85. The molecule has 1 N–H and O–H groups in total. The number of benzene rings is 1. The average molecular weight is 496 g/mol. The summed E-state index contributed by atoms with van der Waals surface area (Å²) in [5, 5.41) is 4.24. The van der Waals surface area contributed by atoms with E-state index in [9.17, 15) is 0 Å². The predicted octanol–water partition coefficient (Wildman–Crippen LogP) is 6.07. The minimum absolute atomic E-state index is 0.108. The van der Waals surface area contributed by atoms with Gasteiger partial charge in [-0.25, -0.2) is 0 Å². The maximum absolute atomic E-state index is 6.21. The number of hydrogen-bond donors (Lipinski definition) is 1. The van der Waals surface area contributed by atoms with Crippen LogP contribution in [0.25, 0.3) is 5.69 Å². The lowest BCUT2D eigenvalue weighted by atomic mass is 10.0. The van der Waals surface area contributed by atoms with Crippen molar-refractivity contribution in [1.82, 2.24) is 19.9 Å². The number of aromatic nitrogens is 3. The SMILES string of the molecule is Cc1ccc([C@H]2[C@@H](c3ccccn3)NC(=S)N2c2ccc(OC3CCCC3)cc2)n1-c1cccnc1. The summed E-state index contributed by atoms with van der Waals surface area (Å²) < 4.78 is 8.47. The quantitative estimate of drug-likeness (QED) is 0.328. The molecule has 1 aromatic carbocycles. The number of nitrogens with one attached hydrogen (secondary N) is 1. The Bertz CT molecular complexity index is 1330. The van der Waals surface area contributed by atoms with Gasteiger partial charge < -0.3 is 19.5 Å². The second kappa shape index (κ2) is 9.74. The van der Waals surface area contributed by atoms with Crippen molar-refractivity contribution >= 4 is 23.0 Å². The number of ether oxygens (including phenoxy) is 1. The summed E-state index contributed by atoms with van der Waals surface area (Å²) in [4.78, 5) is 11.3. The van der Waals surface area contributed by atoms with Gasteiger partial charge in [-0.05, 0) is 105 Å². The zero-order chi connectivity index (χ0) is 24.5. The fourth-order valence-corrected chi connectivity index (χ4v) is 5.79. The summed E-state index contributed by atoms with van der Waals surface area (Å²) in [5.74, 6) is 0.913. The van der Waals surface area contributed by atoms with Crippen molar-refractivity contribution < 1.29 is 4.74 Å². The van der Waals surface area contributed by atoms with Gasteiger partial charge in [0.1, 0.15) is 11.8 Å². The van der Waals surface area contributed by atoms with E-state index in [4.69, 9.17) is 17.0 Å². The Balaban J connectivity index is 1.41. The van der Waals surface area contributed by atoms with E-state index in [0.717, 1.165) is 47.0 Å². The molecule has 4 aromatic rings. The molecule has 0 radical (unpaired) electrons. The lowest BCUT2D eigenvalue weighted by Crippen LogP contribution is -2.30. The minimum Gasteiger partial charge on any atom is -0.490 e. The summed E-state index contributed by atoms with van der Waals surface area (Å²) in [6, 6.07) is 22.5. The summed E-state index contributed by atoms with van der Waals surface area (Å²) in [5.41, 5.74) is 5.25. The van der Waals surface area contributed by atoms with Gasteiger partial charge in [-0.15, -0.1) is 0 Å². The molecule has 2 aliphatic rings. The van der Waals surface area contributed by atoms with Gasteiger partial charge in [0.2, 0.25) is 0 Å². The van der Waals surface area contributed by atoms with Gasteiger partial charge >= 0.3 is 0 Å². The van der Waals surface area contributed by atoms with E-state index in [1.54, 1.807) is 6.20 Å². The second-order valence-electron chi connectivity index (χ2n) is 9.46. The predicted molar refractivity (Wildman–Crippen MR) is 146 cm³/mol. The smallest absolute Gasteiger partial charge is 0.174 e. The summed E-state index contributed by atoms with van der Waals surface area (Å²) in [6.45, 7) is 2.12. The van der Waals surface area contributed by atoms with Crippen LogP contribution < -0.4 is 15.0 Å². The van der Waals surface area contributed by atoms with Crippen LogP contribution >= 0.6 is 12.2 Å². The highest BCUT2D eigenvalue weighted by Gasteiger charge is 2.42. The van der Waals surface area contributed by atoms with Gasteiger partial charge in [-0.3, -0.25) is 9.97 Å². The molecule has 2 atom stereocenters. The standard InChI is InChI=1S/C29H29N5OS/c1-20-11-16-26(33(20)22-7-6-17-30-19-22)28-27(25-10-4-5-18-31-25)32-29(36)34(28)21-12-14-24(15-13-21)35-23-8-2-3-9-23/h4-7,10-19,23,27-28H,2-3,8-9H2,1H3,(H,32,36)/t27-,28+/m1/s1. The summed E-state index contributed by atoms with van der Waals surface area (Å²) >= 11 is 5.93. The lowest BCUT2D eigenvalue weighted by Gasteiger charge is -2.29. The van der Waals surface area contributed by atoms with Crippen LogP contribution in [0.4, 0.5) is 5.69 Å². The van der Waals surface area contributed by atoms with Crippen LogP contribution in [-0.2, 0) is 0 Å². The topological polar surface area (TPSA) is 55.2 Å². The Morgan fingerprint density at radius 3 is 2.47 bits per heavy atom. The Morgan fingerprint density at radius 1 is 0.917 bits per heavy atom. The molecule has 6 rings (SSSR count). The summed E-state index contributed by atoms with van der Waals surface area (Å²) in [6.07, 6.45) is 10.6. The molecule has 182 valence electrons. The molecule has 0 bridgehead atoms.